The van der Waals surface area contributed by atoms with Crippen LogP contribution in [0.1, 0.15) is 30.9 Å². The van der Waals surface area contributed by atoms with Crippen LogP contribution < -0.4 is 10.1 Å². The number of rotatable bonds is 5. The molecule has 1 aliphatic rings. The minimum absolute atomic E-state index is 0.204. The van der Waals surface area contributed by atoms with Crippen LogP contribution in [0.5, 0.6) is 0 Å². The number of fused-ring (bicyclic) bond motifs is 2. The molecular weight excluding hydrogens is 470 g/mol. The van der Waals surface area contributed by atoms with Crippen molar-refractivity contribution < 1.29 is 13.2 Å². The first-order chi connectivity index (χ1) is 16.4. The number of pyridine rings is 1. The van der Waals surface area contributed by atoms with E-state index in [1.54, 1.807) is 23.5 Å². The summed E-state index contributed by atoms with van der Waals surface area (Å²) in [6.07, 6.45) is 2.76. The van der Waals surface area contributed by atoms with E-state index >= 15 is 0 Å². The number of hydrazone groups is 1. The Morgan fingerprint density at radius 3 is 2.71 bits per heavy atom. The molecule has 2 aromatic heterocycles. The highest BCUT2D eigenvalue weighted by Gasteiger charge is 2.20. The number of benzene rings is 2. The Labute approximate surface area is 200 Å². The zero-order valence-corrected chi connectivity index (χ0v) is 19.9. The zero-order valence-electron chi connectivity index (χ0n) is 18.3. The van der Waals surface area contributed by atoms with Crippen molar-refractivity contribution >= 4 is 48.3 Å². The van der Waals surface area contributed by atoms with E-state index in [1.165, 1.54) is 11.6 Å². The van der Waals surface area contributed by atoms with Gasteiger partial charge in [-0.15, -0.1) is 0 Å². The topological polar surface area (TPSA) is 113 Å². The molecule has 0 unspecified atom stereocenters. The smallest absolute Gasteiger partial charge is 0.274 e. The van der Waals surface area contributed by atoms with E-state index < -0.39 is 15.9 Å². The highest BCUT2D eigenvalue weighted by molar-refractivity contribution is 7.90. The van der Waals surface area contributed by atoms with Gasteiger partial charge in [-0.25, -0.2) is 14.7 Å². The summed E-state index contributed by atoms with van der Waals surface area (Å²) in [5.74, 6) is -0.664. The number of amides is 1. The van der Waals surface area contributed by atoms with Gasteiger partial charge in [-0.3, -0.25) is 10.2 Å². The predicted molar refractivity (Wildman–Crippen MR) is 133 cm³/mol. The van der Waals surface area contributed by atoms with Crippen LogP contribution in [0.15, 0.2) is 70.8 Å². The number of aryl methyl sites for hydroxylation is 1. The monoisotopic (exact) mass is 491 g/mol. The van der Waals surface area contributed by atoms with E-state index in [0.717, 1.165) is 58.4 Å². The van der Waals surface area contributed by atoms with Crippen molar-refractivity contribution in [3.8, 4) is 11.3 Å². The number of thiazole rings is 1. The second-order valence-electron chi connectivity index (χ2n) is 7.91. The van der Waals surface area contributed by atoms with Gasteiger partial charge in [-0.1, -0.05) is 41.7 Å². The van der Waals surface area contributed by atoms with Gasteiger partial charge in [0.05, 0.1) is 21.6 Å². The van der Waals surface area contributed by atoms with Gasteiger partial charge >= 0.3 is 0 Å². The van der Waals surface area contributed by atoms with Crippen LogP contribution in [0.4, 0.5) is 5.13 Å². The summed E-state index contributed by atoms with van der Waals surface area (Å²) in [7, 11) is -4.02. The number of hydrogen-bond donors (Lipinski definition) is 2. The summed E-state index contributed by atoms with van der Waals surface area (Å²) < 4.78 is 27.8. The van der Waals surface area contributed by atoms with Crippen molar-refractivity contribution in [2.45, 2.75) is 31.2 Å². The van der Waals surface area contributed by atoms with Crippen LogP contribution in [-0.4, -0.2) is 30.0 Å². The number of nitrogens with one attached hydrogen (secondary N) is 2. The minimum atomic E-state index is -4.02. The molecule has 10 heteroatoms. The summed E-state index contributed by atoms with van der Waals surface area (Å²) >= 11 is 1.55. The average Bonchev–Trinajstić information content (AvgIpc) is 3.25. The van der Waals surface area contributed by atoms with E-state index in [9.17, 15) is 13.2 Å². The zero-order chi connectivity index (χ0) is 23.7. The minimum Gasteiger partial charge on any atom is -0.274 e. The SMILES string of the molecule is CC(=O)NS(=O)(=O)c1cccc(-c2ccc3c(c2)/C(=N/Nc2nc4ccccc4s2)CCC3)n1. The van der Waals surface area contributed by atoms with Gasteiger partial charge in [0.2, 0.25) is 11.0 Å². The van der Waals surface area contributed by atoms with Crippen LogP contribution in [-0.2, 0) is 21.2 Å². The van der Waals surface area contributed by atoms with E-state index in [-0.39, 0.29) is 5.03 Å². The van der Waals surface area contributed by atoms with Crippen LogP contribution in [0, 0.1) is 0 Å². The van der Waals surface area contributed by atoms with Gasteiger partial charge in [0.1, 0.15) is 0 Å². The summed E-state index contributed by atoms with van der Waals surface area (Å²) in [5, 5.41) is 5.19. The van der Waals surface area contributed by atoms with Gasteiger partial charge < -0.3 is 0 Å². The number of para-hydroxylation sites is 1. The van der Waals surface area contributed by atoms with Crippen LogP contribution >= 0.6 is 11.3 Å². The molecular formula is C24H21N5O3S2. The molecule has 1 aliphatic carbocycles. The summed E-state index contributed by atoms with van der Waals surface area (Å²) in [4.78, 5) is 20.1. The third-order valence-electron chi connectivity index (χ3n) is 5.43. The number of nitrogens with zero attached hydrogens (tertiary/aromatic N) is 3. The number of carbonyl (C=O) groups is 1. The molecule has 2 heterocycles. The van der Waals surface area contributed by atoms with Gasteiger partial charge in [0.15, 0.2) is 5.03 Å². The largest absolute Gasteiger partial charge is 0.281 e. The van der Waals surface area contributed by atoms with E-state index in [4.69, 9.17) is 0 Å². The predicted octanol–water partition coefficient (Wildman–Crippen LogP) is 4.34. The molecule has 172 valence electrons. The lowest BCUT2D eigenvalue weighted by atomic mass is 9.88. The summed E-state index contributed by atoms with van der Waals surface area (Å²) in [6.45, 7) is 1.15. The van der Waals surface area contributed by atoms with Gasteiger partial charge in [-0.2, -0.15) is 13.5 Å². The van der Waals surface area contributed by atoms with Crippen LogP contribution in [0.3, 0.4) is 0 Å². The molecule has 0 bridgehead atoms. The first-order valence-electron chi connectivity index (χ1n) is 10.7. The van der Waals surface area contributed by atoms with E-state index in [0.29, 0.717) is 5.69 Å². The van der Waals surface area contributed by atoms with Crippen molar-refractivity contribution in [1.82, 2.24) is 14.7 Å². The third kappa shape index (κ3) is 4.55. The maximum atomic E-state index is 12.4. The molecule has 0 spiro atoms. The van der Waals surface area contributed by atoms with Crippen LogP contribution in [0.2, 0.25) is 0 Å². The number of anilines is 1. The molecule has 0 aliphatic heterocycles. The van der Waals surface area contributed by atoms with Crippen LogP contribution in [0.25, 0.3) is 21.5 Å². The Morgan fingerprint density at radius 2 is 1.88 bits per heavy atom. The Balaban J connectivity index is 1.47. The third-order valence-corrected chi connectivity index (χ3v) is 7.71. The highest BCUT2D eigenvalue weighted by atomic mass is 32.2. The molecule has 4 aromatic rings. The Bertz CT molecular complexity index is 1510. The highest BCUT2D eigenvalue weighted by Crippen LogP contribution is 2.29. The van der Waals surface area contributed by atoms with Crippen molar-refractivity contribution in [3.63, 3.8) is 0 Å². The fraction of sp³-hybridized carbons (Fsp3) is 0.167. The quantitative estimate of drug-likeness (QED) is 0.402. The molecule has 5 rings (SSSR count). The summed E-state index contributed by atoms with van der Waals surface area (Å²) in [6, 6.07) is 18.6. The molecule has 0 atom stereocenters. The Hall–Kier alpha value is -3.63. The molecule has 0 saturated heterocycles. The molecule has 34 heavy (non-hydrogen) atoms. The lowest BCUT2D eigenvalue weighted by Gasteiger charge is -2.19. The molecule has 2 N–H and O–H groups in total. The molecule has 0 radical (unpaired) electrons. The molecule has 0 fully saturated rings. The summed E-state index contributed by atoms with van der Waals surface area (Å²) in [5.41, 5.74) is 8.43. The van der Waals surface area contributed by atoms with Gasteiger partial charge in [0.25, 0.3) is 10.0 Å². The lowest BCUT2D eigenvalue weighted by molar-refractivity contribution is -0.117. The number of aromatic nitrogens is 2. The average molecular weight is 492 g/mol. The second-order valence-corrected chi connectivity index (χ2v) is 10.6. The Morgan fingerprint density at radius 1 is 1.03 bits per heavy atom. The molecule has 8 nitrogen and oxygen atoms in total. The second kappa shape index (κ2) is 8.96. The van der Waals surface area contributed by atoms with Crippen molar-refractivity contribution in [2.75, 3.05) is 5.43 Å². The molecule has 1 amide bonds. The Kier molecular flexibility index (Phi) is 5.84. The van der Waals surface area contributed by atoms with Crippen molar-refractivity contribution in [1.29, 1.82) is 0 Å². The molecule has 0 saturated carbocycles. The number of hydrogen-bond acceptors (Lipinski definition) is 8. The first-order valence-corrected chi connectivity index (χ1v) is 13.0. The maximum absolute atomic E-state index is 12.4. The fourth-order valence-corrected chi connectivity index (χ4v) is 5.69. The molecule has 2 aromatic carbocycles. The normalized spacial score (nSPS) is 14.7. The van der Waals surface area contributed by atoms with E-state index in [1.807, 2.05) is 47.2 Å². The van der Waals surface area contributed by atoms with Gasteiger partial charge in [0, 0.05) is 18.1 Å². The van der Waals surface area contributed by atoms with E-state index in [2.05, 4.69) is 20.5 Å². The lowest BCUT2D eigenvalue weighted by Crippen LogP contribution is -2.28. The van der Waals surface area contributed by atoms with Crippen molar-refractivity contribution in [3.05, 3.63) is 71.8 Å². The standard InChI is InChI=1S/C24H21N5O3S2/c1-15(30)29-34(31,32)23-11-5-8-19(25-23)17-13-12-16-6-4-9-20(18(16)14-17)27-28-24-26-21-7-2-3-10-22(21)33-24/h2-3,5,7-8,10-14H,4,6,9H2,1H3,(H,26,28)(H,29,30)/b27-20+. The number of carbonyl (C=O) groups excluding carboxylic acids is 1. The fourth-order valence-electron chi connectivity index (χ4n) is 3.92. The first kappa shape index (κ1) is 22.2. The van der Waals surface area contributed by atoms with Gasteiger partial charge in [-0.05, 0) is 55.2 Å². The number of sulfonamides is 1. The maximum Gasteiger partial charge on any atom is 0.281 e. The van der Waals surface area contributed by atoms with Crippen molar-refractivity contribution in [2.24, 2.45) is 5.10 Å².